The van der Waals surface area contributed by atoms with Crippen molar-refractivity contribution in [3.05, 3.63) is 22.8 Å². The molecule has 0 fully saturated rings. The zero-order valence-electron chi connectivity index (χ0n) is 10.7. The fourth-order valence-electron chi connectivity index (χ4n) is 1.56. The lowest BCUT2D eigenvalue weighted by molar-refractivity contribution is 0.415. The molecule has 20 heavy (non-hydrogen) atoms. The highest BCUT2D eigenvalue weighted by atomic mass is 79.9. The number of halogens is 1. The summed E-state index contributed by atoms with van der Waals surface area (Å²) >= 11 is 3.04. The van der Waals surface area contributed by atoms with Crippen molar-refractivity contribution in [3.63, 3.8) is 0 Å². The quantitative estimate of drug-likeness (QED) is 0.784. The molecule has 8 nitrogen and oxygen atoms in total. The van der Waals surface area contributed by atoms with Crippen molar-refractivity contribution in [2.75, 3.05) is 17.6 Å². The maximum atomic E-state index is 12.3. The number of hydrogen-bond donors (Lipinski definition) is 2. The first-order chi connectivity index (χ1) is 9.35. The van der Waals surface area contributed by atoms with Crippen molar-refractivity contribution in [1.29, 1.82) is 0 Å². The van der Waals surface area contributed by atoms with Gasteiger partial charge in [-0.05, 0) is 28.1 Å². The van der Waals surface area contributed by atoms with Gasteiger partial charge in [0.1, 0.15) is 5.75 Å². The molecule has 2 rings (SSSR count). The van der Waals surface area contributed by atoms with Gasteiger partial charge in [-0.3, -0.25) is 4.72 Å². The third-order valence-corrected chi connectivity index (χ3v) is 4.75. The van der Waals surface area contributed by atoms with Gasteiger partial charge >= 0.3 is 0 Å². The second-order valence-electron chi connectivity index (χ2n) is 3.87. The van der Waals surface area contributed by atoms with E-state index in [2.05, 4.69) is 31.0 Å². The standard InChI is InChI=1S/C10H12BrN5O3S/c1-16-10(9(11)13-15-16)20(17,18)14-8-4-3-6(19-2)5-7(8)12/h3-5,14H,12H2,1-2H3. The van der Waals surface area contributed by atoms with Crippen LogP contribution in [0.5, 0.6) is 5.75 Å². The van der Waals surface area contributed by atoms with Crippen LogP contribution in [0.4, 0.5) is 11.4 Å². The van der Waals surface area contributed by atoms with Crippen LogP contribution in [0.1, 0.15) is 0 Å². The van der Waals surface area contributed by atoms with Crippen molar-refractivity contribution in [2.24, 2.45) is 7.05 Å². The average molecular weight is 362 g/mol. The number of nitrogen functional groups attached to an aromatic ring is 1. The Morgan fingerprint density at radius 1 is 1.45 bits per heavy atom. The van der Waals surface area contributed by atoms with Crippen molar-refractivity contribution in [3.8, 4) is 5.75 Å². The molecular weight excluding hydrogens is 350 g/mol. The summed E-state index contributed by atoms with van der Waals surface area (Å²) in [6.45, 7) is 0. The van der Waals surface area contributed by atoms with Crippen LogP contribution in [-0.4, -0.2) is 30.5 Å². The van der Waals surface area contributed by atoms with Crippen molar-refractivity contribution in [1.82, 2.24) is 15.0 Å². The van der Waals surface area contributed by atoms with Gasteiger partial charge in [0.15, 0.2) is 4.60 Å². The number of nitrogens with one attached hydrogen (secondary N) is 1. The van der Waals surface area contributed by atoms with Crippen LogP contribution in [0.15, 0.2) is 27.8 Å². The van der Waals surface area contributed by atoms with Crippen LogP contribution in [-0.2, 0) is 17.1 Å². The Balaban J connectivity index is 2.39. The number of nitrogens with zero attached hydrogens (tertiary/aromatic N) is 3. The lowest BCUT2D eigenvalue weighted by atomic mass is 10.2. The molecule has 0 unspecified atom stereocenters. The van der Waals surface area contributed by atoms with Gasteiger partial charge in [0, 0.05) is 13.1 Å². The van der Waals surface area contributed by atoms with E-state index in [0.717, 1.165) is 4.68 Å². The fourth-order valence-corrected chi connectivity index (χ4v) is 3.75. The van der Waals surface area contributed by atoms with Gasteiger partial charge in [0.05, 0.1) is 18.5 Å². The van der Waals surface area contributed by atoms with Gasteiger partial charge < -0.3 is 10.5 Å². The lowest BCUT2D eigenvalue weighted by Crippen LogP contribution is -2.18. The van der Waals surface area contributed by atoms with Crippen LogP contribution in [0.2, 0.25) is 0 Å². The van der Waals surface area contributed by atoms with Crippen molar-refractivity contribution in [2.45, 2.75) is 5.03 Å². The molecule has 2 aromatic rings. The van der Waals surface area contributed by atoms with Gasteiger partial charge in [-0.1, -0.05) is 5.21 Å². The number of hydrogen-bond acceptors (Lipinski definition) is 6. The number of rotatable bonds is 4. The molecule has 108 valence electrons. The van der Waals surface area contributed by atoms with Gasteiger partial charge in [-0.2, -0.15) is 8.42 Å². The predicted molar refractivity (Wildman–Crippen MR) is 76.9 cm³/mol. The second kappa shape index (κ2) is 5.29. The third-order valence-electron chi connectivity index (χ3n) is 2.49. The van der Waals surface area contributed by atoms with Crippen LogP contribution in [0.25, 0.3) is 0 Å². The van der Waals surface area contributed by atoms with E-state index in [4.69, 9.17) is 10.5 Å². The highest BCUT2D eigenvalue weighted by Crippen LogP contribution is 2.27. The third kappa shape index (κ3) is 2.70. The van der Waals surface area contributed by atoms with Crippen LogP contribution >= 0.6 is 15.9 Å². The van der Waals surface area contributed by atoms with E-state index < -0.39 is 10.0 Å². The number of sulfonamides is 1. The van der Waals surface area contributed by atoms with E-state index in [1.807, 2.05) is 0 Å². The molecule has 1 heterocycles. The van der Waals surface area contributed by atoms with E-state index in [1.165, 1.54) is 26.3 Å². The number of ether oxygens (including phenoxy) is 1. The first-order valence-corrected chi connectivity index (χ1v) is 7.64. The number of aromatic nitrogens is 3. The molecule has 1 aromatic carbocycles. The molecule has 3 N–H and O–H groups in total. The Morgan fingerprint density at radius 2 is 2.15 bits per heavy atom. The molecule has 0 bridgehead atoms. The summed E-state index contributed by atoms with van der Waals surface area (Å²) in [5, 5.41) is 7.17. The summed E-state index contributed by atoms with van der Waals surface area (Å²) in [7, 11) is -0.880. The zero-order chi connectivity index (χ0) is 14.9. The first kappa shape index (κ1) is 14.6. The van der Waals surface area contributed by atoms with Crippen LogP contribution < -0.4 is 15.2 Å². The largest absolute Gasteiger partial charge is 0.497 e. The Kier molecular flexibility index (Phi) is 3.86. The van der Waals surface area contributed by atoms with Gasteiger partial charge in [-0.15, -0.1) is 5.10 Å². The molecule has 0 saturated carbocycles. The van der Waals surface area contributed by atoms with Gasteiger partial charge in [0.25, 0.3) is 10.0 Å². The Hall–Kier alpha value is -1.81. The first-order valence-electron chi connectivity index (χ1n) is 5.36. The van der Waals surface area contributed by atoms with E-state index in [-0.39, 0.29) is 21.0 Å². The maximum absolute atomic E-state index is 12.3. The van der Waals surface area contributed by atoms with Crippen molar-refractivity contribution < 1.29 is 13.2 Å². The minimum atomic E-state index is -3.85. The van der Waals surface area contributed by atoms with Gasteiger partial charge in [0.2, 0.25) is 5.03 Å². The predicted octanol–water partition coefficient (Wildman–Crippen LogP) is 0.969. The molecule has 0 aliphatic carbocycles. The highest BCUT2D eigenvalue weighted by Gasteiger charge is 2.24. The minimum absolute atomic E-state index is 0.0901. The fraction of sp³-hybridized carbons (Fsp3) is 0.200. The number of methoxy groups -OCH3 is 1. The van der Waals surface area contributed by atoms with E-state index in [9.17, 15) is 8.42 Å². The summed E-state index contributed by atoms with van der Waals surface area (Å²) in [5.74, 6) is 0.536. The molecule has 0 spiro atoms. The average Bonchev–Trinajstić information content (AvgIpc) is 2.72. The SMILES string of the molecule is COc1ccc(NS(=O)(=O)c2c(Br)nnn2C)c(N)c1. The Labute approximate surface area is 124 Å². The Bertz CT molecular complexity index is 724. The number of anilines is 2. The van der Waals surface area contributed by atoms with Gasteiger partial charge in [-0.25, -0.2) is 4.68 Å². The summed E-state index contributed by atoms with van der Waals surface area (Å²) < 4.78 is 33.2. The normalized spacial score (nSPS) is 11.3. The summed E-state index contributed by atoms with van der Waals surface area (Å²) in [6, 6.07) is 4.64. The molecule has 0 saturated heterocycles. The van der Waals surface area contributed by atoms with E-state index in [1.54, 1.807) is 6.07 Å². The molecule has 0 aliphatic heterocycles. The number of nitrogens with two attached hydrogens (primary N) is 1. The summed E-state index contributed by atoms with van der Waals surface area (Å²) in [6.07, 6.45) is 0. The smallest absolute Gasteiger partial charge is 0.281 e. The second-order valence-corrected chi connectivity index (χ2v) is 6.22. The number of benzene rings is 1. The van der Waals surface area contributed by atoms with Crippen LogP contribution in [0, 0.1) is 0 Å². The van der Waals surface area contributed by atoms with Crippen LogP contribution in [0.3, 0.4) is 0 Å². The molecule has 1 aromatic heterocycles. The van der Waals surface area contributed by atoms with E-state index >= 15 is 0 Å². The Morgan fingerprint density at radius 3 is 2.65 bits per heavy atom. The van der Waals surface area contributed by atoms with E-state index in [0.29, 0.717) is 5.75 Å². The molecule has 10 heteroatoms. The summed E-state index contributed by atoms with van der Waals surface area (Å²) in [4.78, 5) is 0. The molecule has 0 radical (unpaired) electrons. The molecule has 0 atom stereocenters. The maximum Gasteiger partial charge on any atom is 0.281 e. The minimum Gasteiger partial charge on any atom is -0.497 e. The lowest BCUT2D eigenvalue weighted by Gasteiger charge is -2.11. The number of aryl methyl sites for hydroxylation is 1. The monoisotopic (exact) mass is 361 g/mol. The topological polar surface area (TPSA) is 112 Å². The molecule has 0 amide bonds. The van der Waals surface area contributed by atoms with Crippen molar-refractivity contribution >= 4 is 37.3 Å². The highest BCUT2D eigenvalue weighted by molar-refractivity contribution is 9.10. The summed E-state index contributed by atoms with van der Waals surface area (Å²) in [5.41, 5.74) is 6.28. The molecular formula is C10H12BrN5O3S. The molecule has 0 aliphatic rings. The zero-order valence-corrected chi connectivity index (χ0v) is 13.1.